The molecule has 2 rings (SSSR count). The van der Waals surface area contributed by atoms with Crippen molar-refractivity contribution in [3.05, 3.63) is 0 Å². The highest BCUT2D eigenvalue weighted by atomic mass is 16.5. The van der Waals surface area contributed by atoms with E-state index < -0.39 is 0 Å². The van der Waals surface area contributed by atoms with Crippen molar-refractivity contribution in [2.24, 2.45) is 0 Å². The summed E-state index contributed by atoms with van der Waals surface area (Å²) in [5, 5.41) is 3.63. The monoisotopic (exact) mass is 226 g/mol. The molecule has 0 aliphatic carbocycles. The quantitative estimate of drug-likeness (QED) is 0.791. The van der Waals surface area contributed by atoms with Crippen molar-refractivity contribution in [1.29, 1.82) is 0 Å². The Balaban J connectivity index is 1.81. The molecule has 0 amide bonds. The highest BCUT2D eigenvalue weighted by molar-refractivity contribution is 4.90. The third-order valence-corrected chi connectivity index (χ3v) is 4.11. The Hall–Kier alpha value is -0.120. The SMILES string of the molecule is CCC1(C)CN(CC2CCC(C)O2)CCN1. The third-order valence-electron chi connectivity index (χ3n) is 4.11. The molecule has 2 aliphatic heterocycles. The summed E-state index contributed by atoms with van der Waals surface area (Å²) < 4.78 is 5.90. The molecule has 0 aromatic carbocycles. The molecule has 3 unspecified atom stereocenters. The maximum atomic E-state index is 5.90. The Labute approximate surface area is 99.5 Å². The van der Waals surface area contributed by atoms with Gasteiger partial charge >= 0.3 is 0 Å². The molecule has 1 N–H and O–H groups in total. The average Bonchev–Trinajstić information content (AvgIpc) is 2.64. The summed E-state index contributed by atoms with van der Waals surface area (Å²) in [6.45, 7) is 11.4. The number of hydrogen-bond acceptors (Lipinski definition) is 3. The van der Waals surface area contributed by atoms with Gasteiger partial charge in [0.05, 0.1) is 12.2 Å². The number of piperazine rings is 1. The molecular weight excluding hydrogens is 200 g/mol. The van der Waals surface area contributed by atoms with Gasteiger partial charge < -0.3 is 10.1 Å². The van der Waals surface area contributed by atoms with E-state index in [4.69, 9.17) is 4.74 Å². The largest absolute Gasteiger partial charge is 0.374 e. The van der Waals surface area contributed by atoms with Gasteiger partial charge in [-0.2, -0.15) is 0 Å². The highest BCUT2D eigenvalue weighted by Crippen LogP contribution is 2.22. The predicted octanol–water partition coefficient (Wildman–Crippen LogP) is 1.63. The molecule has 2 saturated heterocycles. The van der Waals surface area contributed by atoms with Gasteiger partial charge in [-0.3, -0.25) is 4.90 Å². The summed E-state index contributed by atoms with van der Waals surface area (Å²) in [6.07, 6.45) is 4.64. The molecule has 0 radical (unpaired) electrons. The Bertz CT molecular complexity index is 234. The van der Waals surface area contributed by atoms with E-state index >= 15 is 0 Å². The molecule has 2 heterocycles. The lowest BCUT2D eigenvalue weighted by Crippen LogP contribution is -2.59. The van der Waals surface area contributed by atoms with Crippen LogP contribution < -0.4 is 5.32 Å². The van der Waals surface area contributed by atoms with Crippen LogP contribution >= 0.6 is 0 Å². The second-order valence-electron chi connectivity index (χ2n) is 5.72. The van der Waals surface area contributed by atoms with Crippen LogP contribution in [0.1, 0.15) is 40.0 Å². The van der Waals surface area contributed by atoms with E-state index in [1.807, 2.05) is 0 Å². The molecule has 0 aromatic rings. The molecule has 0 aromatic heterocycles. The summed E-state index contributed by atoms with van der Waals surface area (Å²) >= 11 is 0. The van der Waals surface area contributed by atoms with Crippen molar-refractivity contribution < 1.29 is 4.74 Å². The van der Waals surface area contributed by atoms with Gasteiger partial charge in [0.15, 0.2) is 0 Å². The molecule has 2 aliphatic rings. The standard InChI is InChI=1S/C13H26N2O/c1-4-13(3)10-15(8-7-14-13)9-12-6-5-11(2)16-12/h11-12,14H,4-10H2,1-3H3. The van der Waals surface area contributed by atoms with Gasteiger partial charge in [0, 0.05) is 31.7 Å². The van der Waals surface area contributed by atoms with Gasteiger partial charge in [0.2, 0.25) is 0 Å². The van der Waals surface area contributed by atoms with Crippen LogP contribution in [0.25, 0.3) is 0 Å². The van der Waals surface area contributed by atoms with Crippen molar-refractivity contribution in [1.82, 2.24) is 10.2 Å². The van der Waals surface area contributed by atoms with Crippen LogP contribution in [-0.2, 0) is 4.74 Å². The maximum absolute atomic E-state index is 5.90. The molecule has 0 saturated carbocycles. The summed E-state index contributed by atoms with van der Waals surface area (Å²) in [6, 6.07) is 0. The molecule has 2 fully saturated rings. The second kappa shape index (κ2) is 5.03. The van der Waals surface area contributed by atoms with E-state index in [9.17, 15) is 0 Å². The van der Waals surface area contributed by atoms with Crippen LogP contribution in [0.4, 0.5) is 0 Å². The van der Waals surface area contributed by atoms with Gasteiger partial charge in [-0.25, -0.2) is 0 Å². The minimum Gasteiger partial charge on any atom is -0.374 e. The fourth-order valence-electron chi connectivity index (χ4n) is 2.84. The lowest BCUT2D eigenvalue weighted by atomic mass is 9.95. The predicted molar refractivity (Wildman–Crippen MR) is 66.7 cm³/mol. The third kappa shape index (κ3) is 2.96. The van der Waals surface area contributed by atoms with E-state index in [1.165, 1.54) is 25.8 Å². The van der Waals surface area contributed by atoms with E-state index in [2.05, 4.69) is 31.0 Å². The second-order valence-corrected chi connectivity index (χ2v) is 5.72. The average molecular weight is 226 g/mol. The molecular formula is C13H26N2O. The van der Waals surface area contributed by atoms with Gasteiger partial charge in [0.25, 0.3) is 0 Å². The summed E-state index contributed by atoms with van der Waals surface area (Å²) in [5.41, 5.74) is 0.308. The zero-order chi connectivity index (χ0) is 11.6. The summed E-state index contributed by atoms with van der Waals surface area (Å²) in [7, 11) is 0. The molecule has 3 heteroatoms. The van der Waals surface area contributed by atoms with Crippen LogP contribution in [0.5, 0.6) is 0 Å². The number of hydrogen-bond donors (Lipinski definition) is 1. The first-order valence-corrected chi connectivity index (χ1v) is 6.74. The van der Waals surface area contributed by atoms with Crippen molar-refractivity contribution in [3.63, 3.8) is 0 Å². The molecule has 94 valence electrons. The van der Waals surface area contributed by atoms with Gasteiger partial charge in [0.1, 0.15) is 0 Å². The van der Waals surface area contributed by atoms with E-state index in [0.29, 0.717) is 17.7 Å². The minimum absolute atomic E-state index is 0.308. The highest BCUT2D eigenvalue weighted by Gasteiger charge is 2.31. The fraction of sp³-hybridized carbons (Fsp3) is 1.00. The normalized spacial score (nSPS) is 41.4. The molecule has 3 atom stereocenters. The van der Waals surface area contributed by atoms with Gasteiger partial charge in [-0.15, -0.1) is 0 Å². The zero-order valence-electron chi connectivity index (χ0n) is 11.0. The first-order valence-electron chi connectivity index (χ1n) is 6.74. The molecule has 0 spiro atoms. The smallest absolute Gasteiger partial charge is 0.0706 e. The molecule has 16 heavy (non-hydrogen) atoms. The van der Waals surface area contributed by atoms with Crippen LogP contribution in [0.2, 0.25) is 0 Å². The minimum atomic E-state index is 0.308. The lowest BCUT2D eigenvalue weighted by molar-refractivity contribution is 0.0181. The summed E-state index contributed by atoms with van der Waals surface area (Å²) in [4.78, 5) is 2.57. The first kappa shape index (κ1) is 12.3. The fourth-order valence-corrected chi connectivity index (χ4v) is 2.84. The van der Waals surface area contributed by atoms with Crippen LogP contribution in [0.3, 0.4) is 0 Å². The number of ether oxygens (including phenoxy) is 1. The Morgan fingerprint density at radius 3 is 2.88 bits per heavy atom. The van der Waals surface area contributed by atoms with Crippen LogP contribution in [0.15, 0.2) is 0 Å². The number of nitrogens with one attached hydrogen (secondary N) is 1. The molecule has 3 nitrogen and oxygen atoms in total. The summed E-state index contributed by atoms with van der Waals surface area (Å²) in [5.74, 6) is 0. The van der Waals surface area contributed by atoms with E-state index in [1.54, 1.807) is 0 Å². The first-order chi connectivity index (χ1) is 7.61. The Morgan fingerprint density at radius 1 is 1.44 bits per heavy atom. The Morgan fingerprint density at radius 2 is 2.25 bits per heavy atom. The van der Waals surface area contributed by atoms with Crippen molar-refractivity contribution in [2.75, 3.05) is 26.2 Å². The zero-order valence-corrected chi connectivity index (χ0v) is 11.0. The number of nitrogens with zero attached hydrogens (tertiary/aromatic N) is 1. The van der Waals surface area contributed by atoms with Crippen LogP contribution in [-0.4, -0.2) is 48.8 Å². The van der Waals surface area contributed by atoms with Crippen molar-refractivity contribution >= 4 is 0 Å². The Kier molecular flexibility index (Phi) is 3.88. The van der Waals surface area contributed by atoms with Crippen molar-refractivity contribution in [3.8, 4) is 0 Å². The van der Waals surface area contributed by atoms with Crippen molar-refractivity contribution in [2.45, 2.75) is 57.8 Å². The van der Waals surface area contributed by atoms with Gasteiger partial charge in [-0.1, -0.05) is 6.92 Å². The van der Waals surface area contributed by atoms with Crippen LogP contribution in [0, 0.1) is 0 Å². The lowest BCUT2D eigenvalue weighted by Gasteiger charge is -2.41. The topological polar surface area (TPSA) is 24.5 Å². The van der Waals surface area contributed by atoms with E-state index in [0.717, 1.165) is 19.6 Å². The van der Waals surface area contributed by atoms with E-state index in [-0.39, 0.29) is 0 Å². The number of rotatable bonds is 3. The maximum Gasteiger partial charge on any atom is 0.0706 e. The molecule has 0 bridgehead atoms. The van der Waals surface area contributed by atoms with Gasteiger partial charge in [-0.05, 0) is 33.1 Å².